The number of nitrogens with two attached hydrogens (primary N) is 1. The standard InChI is InChI=1S/C16H19FN2/c1-12-7-9-13(10-8-12)16(11-18)19(2)15-6-4-3-5-14(15)17/h3-10,16H,11,18H2,1-2H3. The zero-order valence-corrected chi connectivity index (χ0v) is 11.3. The number of hydrogen-bond donors (Lipinski definition) is 1. The van der Waals surface area contributed by atoms with Crippen molar-refractivity contribution in [3.8, 4) is 0 Å². The highest BCUT2D eigenvalue weighted by Gasteiger charge is 2.18. The third-order valence-corrected chi connectivity index (χ3v) is 3.39. The Morgan fingerprint density at radius 1 is 1.11 bits per heavy atom. The summed E-state index contributed by atoms with van der Waals surface area (Å²) in [6, 6.07) is 14.9. The number of rotatable bonds is 4. The van der Waals surface area contributed by atoms with Gasteiger partial charge >= 0.3 is 0 Å². The molecule has 3 heteroatoms. The fraction of sp³-hybridized carbons (Fsp3) is 0.250. The van der Waals surface area contributed by atoms with Crippen molar-refractivity contribution in [2.75, 3.05) is 18.5 Å². The minimum Gasteiger partial charge on any atom is -0.364 e. The Hall–Kier alpha value is -1.87. The molecule has 2 N–H and O–H groups in total. The highest BCUT2D eigenvalue weighted by atomic mass is 19.1. The average molecular weight is 258 g/mol. The van der Waals surface area contributed by atoms with E-state index >= 15 is 0 Å². The third kappa shape index (κ3) is 2.93. The van der Waals surface area contributed by atoms with Gasteiger partial charge in [0.2, 0.25) is 0 Å². The van der Waals surface area contributed by atoms with E-state index < -0.39 is 0 Å². The molecule has 2 rings (SSSR count). The van der Waals surface area contributed by atoms with E-state index in [2.05, 4.69) is 0 Å². The lowest BCUT2D eigenvalue weighted by atomic mass is 10.0. The summed E-state index contributed by atoms with van der Waals surface area (Å²) in [6.07, 6.45) is 0. The molecule has 0 heterocycles. The molecule has 0 aromatic heterocycles. The van der Waals surface area contributed by atoms with Crippen LogP contribution < -0.4 is 10.6 Å². The lowest BCUT2D eigenvalue weighted by Crippen LogP contribution is -2.31. The molecule has 2 aromatic rings. The lowest BCUT2D eigenvalue weighted by molar-refractivity contribution is 0.603. The van der Waals surface area contributed by atoms with Gasteiger partial charge in [-0.25, -0.2) is 4.39 Å². The van der Waals surface area contributed by atoms with Gasteiger partial charge in [-0.3, -0.25) is 0 Å². The number of halogens is 1. The fourth-order valence-corrected chi connectivity index (χ4v) is 2.21. The normalized spacial score (nSPS) is 12.2. The molecule has 0 aliphatic heterocycles. The number of aryl methyl sites for hydroxylation is 1. The highest BCUT2D eigenvalue weighted by molar-refractivity contribution is 5.49. The molecule has 19 heavy (non-hydrogen) atoms. The molecule has 100 valence electrons. The van der Waals surface area contributed by atoms with Crippen LogP contribution >= 0.6 is 0 Å². The molecule has 0 aliphatic carbocycles. The maximum Gasteiger partial charge on any atom is 0.146 e. The molecule has 1 atom stereocenters. The van der Waals surface area contributed by atoms with Gasteiger partial charge < -0.3 is 10.6 Å². The maximum atomic E-state index is 13.8. The van der Waals surface area contributed by atoms with E-state index in [1.807, 2.05) is 49.2 Å². The number of para-hydroxylation sites is 1. The summed E-state index contributed by atoms with van der Waals surface area (Å²) in [5, 5.41) is 0. The van der Waals surface area contributed by atoms with Crippen molar-refractivity contribution in [2.24, 2.45) is 5.73 Å². The Morgan fingerprint density at radius 2 is 1.74 bits per heavy atom. The van der Waals surface area contributed by atoms with Gasteiger partial charge in [-0.15, -0.1) is 0 Å². The van der Waals surface area contributed by atoms with Crippen LogP contribution in [0.2, 0.25) is 0 Å². The summed E-state index contributed by atoms with van der Waals surface area (Å²) in [5.41, 5.74) is 8.73. The Kier molecular flexibility index (Phi) is 4.17. The summed E-state index contributed by atoms with van der Waals surface area (Å²) in [5.74, 6) is -0.226. The zero-order valence-electron chi connectivity index (χ0n) is 11.3. The van der Waals surface area contributed by atoms with Crippen molar-refractivity contribution in [3.05, 3.63) is 65.5 Å². The SMILES string of the molecule is Cc1ccc(C(CN)N(C)c2ccccc2F)cc1. The maximum absolute atomic E-state index is 13.8. The molecular formula is C16H19FN2. The first kappa shape index (κ1) is 13.6. The zero-order chi connectivity index (χ0) is 13.8. The van der Waals surface area contributed by atoms with Crippen molar-refractivity contribution >= 4 is 5.69 Å². The topological polar surface area (TPSA) is 29.3 Å². The second-order valence-corrected chi connectivity index (χ2v) is 4.72. The molecular weight excluding hydrogens is 239 g/mol. The first-order valence-electron chi connectivity index (χ1n) is 6.37. The first-order valence-corrected chi connectivity index (χ1v) is 6.37. The fourth-order valence-electron chi connectivity index (χ4n) is 2.21. The summed E-state index contributed by atoms with van der Waals surface area (Å²) in [6.45, 7) is 2.48. The van der Waals surface area contributed by atoms with E-state index in [1.54, 1.807) is 12.1 Å². The second kappa shape index (κ2) is 5.85. The molecule has 0 bridgehead atoms. The summed E-state index contributed by atoms with van der Waals surface area (Å²) in [7, 11) is 1.87. The molecule has 2 aromatic carbocycles. The summed E-state index contributed by atoms with van der Waals surface area (Å²) < 4.78 is 13.8. The van der Waals surface area contributed by atoms with Crippen LogP contribution in [0.5, 0.6) is 0 Å². The smallest absolute Gasteiger partial charge is 0.146 e. The van der Waals surface area contributed by atoms with E-state index in [1.165, 1.54) is 11.6 Å². The van der Waals surface area contributed by atoms with Crippen LogP contribution in [0.3, 0.4) is 0 Å². The molecule has 0 saturated heterocycles. The average Bonchev–Trinajstić information content (AvgIpc) is 2.42. The minimum atomic E-state index is -0.226. The van der Waals surface area contributed by atoms with Gasteiger partial charge in [0.25, 0.3) is 0 Å². The van der Waals surface area contributed by atoms with Gasteiger partial charge in [0.1, 0.15) is 5.82 Å². The van der Waals surface area contributed by atoms with Gasteiger partial charge in [-0.1, -0.05) is 42.0 Å². The Balaban J connectivity index is 2.32. The monoisotopic (exact) mass is 258 g/mol. The van der Waals surface area contributed by atoms with Gasteiger partial charge in [0.15, 0.2) is 0 Å². The largest absolute Gasteiger partial charge is 0.364 e. The van der Waals surface area contributed by atoms with Crippen LogP contribution in [0.1, 0.15) is 17.2 Å². The second-order valence-electron chi connectivity index (χ2n) is 4.72. The van der Waals surface area contributed by atoms with E-state index in [0.717, 1.165) is 5.56 Å². The number of benzene rings is 2. The number of nitrogens with zero attached hydrogens (tertiary/aromatic N) is 1. The summed E-state index contributed by atoms with van der Waals surface area (Å²) >= 11 is 0. The van der Waals surface area contributed by atoms with Crippen molar-refractivity contribution in [3.63, 3.8) is 0 Å². The van der Waals surface area contributed by atoms with Crippen molar-refractivity contribution < 1.29 is 4.39 Å². The Morgan fingerprint density at radius 3 is 2.32 bits per heavy atom. The first-order chi connectivity index (χ1) is 9.13. The number of anilines is 1. The molecule has 0 fully saturated rings. The van der Waals surface area contributed by atoms with E-state index in [0.29, 0.717) is 12.2 Å². The van der Waals surface area contributed by atoms with E-state index in [4.69, 9.17) is 5.73 Å². The van der Waals surface area contributed by atoms with Gasteiger partial charge in [0.05, 0.1) is 11.7 Å². The highest BCUT2D eigenvalue weighted by Crippen LogP contribution is 2.27. The van der Waals surface area contributed by atoms with E-state index in [9.17, 15) is 4.39 Å². The van der Waals surface area contributed by atoms with Gasteiger partial charge in [-0.2, -0.15) is 0 Å². The van der Waals surface area contributed by atoms with Crippen LogP contribution in [0.25, 0.3) is 0 Å². The predicted molar refractivity (Wildman–Crippen MR) is 77.8 cm³/mol. The Bertz CT molecular complexity index is 537. The minimum absolute atomic E-state index is 0.0301. The van der Waals surface area contributed by atoms with Crippen LogP contribution in [-0.2, 0) is 0 Å². The predicted octanol–water partition coefficient (Wildman–Crippen LogP) is 3.27. The van der Waals surface area contributed by atoms with Crippen molar-refractivity contribution in [1.82, 2.24) is 0 Å². The lowest BCUT2D eigenvalue weighted by Gasteiger charge is -2.29. The summed E-state index contributed by atoms with van der Waals surface area (Å²) in [4.78, 5) is 1.89. The quantitative estimate of drug-likeness (QED) is 0.912. The van der Waals surface area contributed by atoms with Crippen LogP contribution in [0.15, 0.2) is 48.5 Å². The number of hydrogen-bond acceptors (Lipinski definition) is 2. The molecule has 0 saturated carbocycles. The number of likely N-dealkylation sites (N-methyl/N-ethyl adjacent to an activating group) is 1. The molecule has 1 unspecified atom stereocenters. The molecule has 2 nitrogen and oxygen atoms in total. The van der Waals surface area contributed by atoms with Crippen molar-refractivity contribution in [2.45, 2.75) is 13.0 Å². The third-order valence-electron chi connectivity index (χ3n) is 3.39. The van der Waals surface area contributed by atoms with Crippen LogP contribution in [0, 0.1) is 12.7 Å². The molecule has 0 aliphatic rings. The molecule has 0 radical (unpaired) electrons. The molecule has 0 spiro atoms. The van der Waals surface area contributed by atoms with Crippen LogP contribution in [0.4, 0.5) is 10.1 Å². The molecule has 0 amide bonds. The van der Waals surface area contributed by atoms with Gasteiger partial charge in [-0.05, 0) is 24.6 Å². The van der Waals surface area contributed by atoms with E-state index in [-0.39, 0.29) is 11.9 Å². The Labute approximate surface area is 113 Å². The van der Waals surface area contributed by atoms with Gasteiger partial charge in [0, 0.05) is 13.6 Å². The van der Waals surface area contributed by atoms with Crippen molar-refractivity contribution in [1.29, 1.82) is 0 Å². The van der Waals surface area contributed by atoms with Crippen LogP contribution in [-0.4, -0.2) is 13.6 Å².